The van der Waals surface area contributed by atoms with Crippen LogP contribution < -0.4 is 10.1 Å². The molecule has 0 fully saturated rings. The lowest BCUT2D eigenvalue weighted by molar-refractivity contribution is -0.253. The molecule has 2 N–H and O–H groups in total. The zero-order valence-electron chi connectivity index (χ0n) is 24.7. The van der Waals surface area contributed by atoms with E-state index in [1.54, 1.807) is 6.07 Å². The molecule has 0 saturated carbocycles. The Kier molecular flexibility index (Phi) is 10.9. The van der Waals surface area contributed by atoms with E-state index < -0.39 is 88.9 Å². The number of hydrogen-bond donors (Lipinski definition) is 2. The van der Waals surface area contributed by atoms with Crippen LogP contribution >= 0.6 is 0 Å². The first-order chi connectivity index (χ1) is 22.9. The van der Waals surface area contributed by atoms with Crippen molar-refractivity contribution in [3.63, 3.8) is 0 Å². The van der Waals surface area contributed by atoms with Gasteiger partial charge in [0, 0.05) is 23.6 Å². The molecular weight excluding hydrogens is 676 g/mol. The van der Waals surface area contributed by atoms with Crippen LogP contribution in [0.3, 0.4) is 0 Å². The highest BCUT2D eigenvalue weighted by molar-refractivity contribution is 5.96. The minimum absolute atomic E-state index is 0.183. The maximum Gasteiger partial charge on any atom is 0.461 e. The summed E-state index contributed by atoms with van der Waals surface area (Å²) in [6, 6.07) is 13.5. The molecule has 1 amide bonds. The Balaban J connectivity index is 2.04. The molecule has 4 aromatic rings. The minimum atomic E-state index is -5.24. The van der Waals surface area contributed by atoms with Crippen LogP contribution in [0.4, 0.5) is 43.9 Å². The number of aliphatic hydroxyl groups excluding tert-OH is 1. The van der Waals surface area contributed by atoms with E-state index in [-0.39, 0.29) is 17.2 Å². The number of ketones is 1. The number of alkyl halides is 7. The van der Waals surface area contributed by atoms with Gasteiger partial charge in [0.15, 0.2) is 5.78 Å². The zero-order chi connectivity index (χ0) is 36.1. The van der Waals surface area contributed by atoms with Gasteiger partial charge in [-0.3, -0.25) is 9.59 Å². The average Bonchev–Trinajstić information content (AvgIpc) is 3.03. The van der Waals surface area contributed by atoms with Crippen LogP contribution in [-0.4, -0.2) is 35.9 Å². The number of amides is 1. The van der Waals surface area contributed by atoms with Crippen LogP contribution in [0.5, 0.6) is 5.75 Å². The quantitative estimate of drug-likeness (QED) is 0.117. The second-order valence-corrected chi connectivity index (χ2v) is 10.5. The van der Waals surface area contributed by atoms with Crippen LogP contribution in [0.2, 0.25) is 0 Å². The van der Waals surface area contributed by atoms with Gasteiger partial charge >= 0.3 is 18.7 Å². The molecule has 0 bridgehead atoms. The second kappa shape index (κ2) is 14.5. The highest BCUT2D eigenvalue weighted by Gasteiger charge is 2.45. The molecule has 0 spiro atoms. The number of halogens is 10. The van der Waals surface area contributed by atoms with Gasteiger partial charge in [0.05, 0.1) is 11.1 Å². The van der Waals surface area contributed by atoms with Crippen molar-refractivity contribution in [3.05, 3.63) is 142 Å². The number of aliphatic hydroxyl groups is 1. The average molecular weight is 700 g/mol. The summed E-state index contributed by atoms with van der Waals surface area (Å²) in [7, 11) is 0. The molecule has 49 heavy (non-hydrogen) atoms. The first-order valence-corrected chi connectivity index (χ1v) is 14.0. The summed E-state index contributed by atoms with van der Waals surface area (Å²) >= 11 is 0. The lowest BCUT2D eigenvalue weighted by Crippen LogP contribution is -2.49. The number of hydrogen-bond acceptors (Lipinski definition) is 4. The van der Waals surface area contributed by atoms with Gasteiger partial charge in [-0.1, -0.05) is 36.4 Å². The van der Waals surface area contributed by atoms with Crippen molar-refractivity contribution in [2.24, 2.45) is 0 Å². The van der Waals surface area contributed by atoms with Crippen molar-refractivity contribution in [3.8, 4) is 5.75 Å². The Hall–Kier alpha value is -5.18. The van der Waals surface area contributed by atoms with Crippen LogP contribution in [0, 0.1) is 17.5 Å². The lowest BCUT2D eigenvalue weighted by Gasteiger charge is -2.37. The second-order valence-electron chi connectivity index (χ2n) is 10.5. The van der Waals surface area contributed by atoms with Crippen molar-refractivity contribution < 1.29 is 63.3 Å². The smallest absolute Gasteiger partial charge is 0.428 e. The van der Waals surface area contributed by atoms with Crippen LogP contribution in [-0.2, 0) is 22.9 Å². The molecule has 0 heterocycles. The standard InChI is InChI=1S/C34H23F10NO4/c35-24-14-23(15-26(16-24)49-34(43,44)31(38)39)32(17-19-4-2-1-3-5-19,22-8-11-28(36)20(12-22)6-9-25(47)18-46)45-30(48)21-7-10-29(37)27(13-21)33(40,41)42/h1-16,31,46H,17-18H2,(H,45,48)/b9-6+/t32-/m1/s1. The molecule has 0 aromatic heterocycles. The normalized spacial score (nSPS) is 13.4. The number of carbonyl (C=O) groups is 2. The van der Waals surface area contributed by atoms with Gasteiger partial charge in [-0.05, 0) is 71.3 Å². The number of rotatable bonds is 12. The third kappa shape index (κ3) is 8.65. The molecule has 0 radical (unpaired) electrons. The topological polar surface area (TPSA) is 75.6 Å². The molecule has 0 aliphatic heterocycles. The maximum absolute atomic E-state index is 15.1. The van der Waals surface area contributed by atoms with E-state index >= 15 is 4.39 Å². The molecule has 4 rings (SSSR count). The molecule has 0 aliphatic carbocycles. The van der Waals surface area contributed by atoms with Gasteiger partial charge in [-0.2, -0.15) is 30.7 Å². The molecule has 258 valence electrons. The fourth-order valence-corrected chi connectivity index (χ4v) is 4.85. The summed E-state index contributed by atoms with van der Waals surface area (Å²) in [6.45, 7) is -0.946. The third-order valence-corrected chi connectivity index (χ3v) is 7.14. The summed E-state index contributed by atoms with van der Waals surface area (Å²) in [6.07, 6.45) is -13.4. The molecule has 0 unspecified atom stereocenters. The van der Waals surface area contributed by atoms with Crippen molar-refractivity contribution in [1.29, 1.82) is 0 Å². The molecule has 4 aromatic carbocycles. The van der Waals surface area contributed by atoms with E-state index in [0.29, 0.717) is 35.9 Å². The monoisotopic (exact) mass is 699 g/mol. The lowest BCUT2D eigenvalue weighted by atomic mass is 9.77. The molecule has 0 aliphatic rings. The fourth-order valence-electron chi connectivity index (χ4n) is 4.85. The molecule has 15 heteroatoms. The predicted octanol–water partition coefficient (Wildman–Crippen LogP) is 7.85. The molecule has 1 atom stereocenters. The van der Waals surface area contributed by atoms with E-state index in [9.17, 15) is 49.1 Å². The van der Waals surface area contributed by atoms with Gasteiger partial charge in [0.2, 0.25) is 0 Å². The number of ether oxygens (including phenoxy) is 1. The minimum Gasteiger partial charge on any atom is -0.428 e. The van der Waals surface area contributed by atoms with Crippen molar-refractivity contribution in [1.82, 2.24) is 5.32 Å². The first-order valence-electron chi connectivity index (χ1n) is 14.0. The zero-order valence-corrected chi connectivity index (χ0v) is 24.7. The summed E-state index contributed by atoms with van der Waals surface area (Å²) in [5.41, 5.74) is -5.55. The number of carbonyl (C=O) groups excluding carboxylic acids is 2. The summed E-state index contributed by atoms with van der Waals surface area (Å²) < 4.78 is 143. The first kappa shape index (κ1) is 36.7. The number of benzene rings is 4. The van der Waals surface area contributed by atoms with E-state index in [2.05, 4.69) is 10.1 Å². The maximum atomic E-state index is 15.1. The van der Waals surface area contributed by atoms with Gasteiger partial charge in [0.25, 0.3) is 5.91 Å². The largest absolute Gasteiger partial charge is 0.461 e. The SMILES string of the molecule is O=C(/C=C/c1cc([C@@](Cc2ccccc2)(NC(=O)c2ccc(F)c(C(F)(F)F)c2)c2cc(F)cc(OC(F)(F)C(F)F)c2)ccc1F)CO. The highest BCUT2D eigenvalue weighted by Crippen LogP contribution is 2.39. The third-order valence-electron chi connectivity index (χ3n) is 7.14. The summed E-state index contributed by atoms with van der Waals surface area (Å²) in [5.74, 6) is -7.36. The Morgan fingerprint density at radius 3 is 2.12 bits per heavy atom. The van der Waals surface area contributed by atoms with Crippen LogP contribution in [0.15, 0.2) is 91.0 Å². The highest BCUT2D eigenvalue weighted by atomic mass is 19.4. The van der Waals surface area contributed by atoms with Crippen LogP contribution in [0.1, 0.15) is 38.2 Å². The fraction of sp³-hybridized carbons (Fsp3) is 0.176. The summed E-state index contributed by atoms with van der Waals surface area (Å²) in [4.78, 5) is 25.5. The van der Waals surface area contributed by atoms with Crippen molar-refractivity contribution in [2.45, 2.75) is 30.7 Å². The van der Waals surface area contributed by atoms with E-state index in [0.717, 1.165) is 30.4 Å². The van der Waals surface area contributed by atoms with Gasteiger partial charge in [0.1, 0.15) is 29.8 Å². The predicted molar refractivity (Wildman–Crippen MR) is 155 cm³/mol. The Morgan fingerprint density at radius 1 is 0.816 bits per heavy atom. The number of nitrogens with one attached hydrogen (secondary N) is 1. The molecule has 5 nitrogen and oxygen atoms in total. The molecule has 0 saturated heterocycles. The van der Waals surface area contributed by atoms with Crippen molar-refractivity contribution >= 4 is 17.8 Å². The van der Waals surface area contributed by atoms with Gasteiger partial charge < -0.3 is 15.2 Å². The Morgan fingerprint density at radius 2 is 1.49 bits per heavy atom. The van der Waals surface area contributed by atoms with Crippen LogP contribution in [0.25, 0.3) is 6.08 Å². The van der Waals surface area contributed by atoms with E-state index in [1.807, 2.05) is 0 Å². The Bertz CT molecular complexity index is 1860. The summed E-state index contributed by atoms with van der Waals surface area (Å²) in [5, 5.41) is 11.5. The van der Waals surface area contributed by atoms with Gasteiger partial charge in [-0.15, -0.1) is 0 Å². The van der Waals surface area contributed by atoms with Crippen molar-refractivity contribution in [2.75, 3.05) is 6.61 Å². The van der Waals surface area contributed by atoms with E-state index in [1.165, 1.54) is 24.3 Å². The Labute approximate surface area is 271 Å². The van der Waals surface area contributed by atoms with Gasteiger partial charge in [-0.25, -0.2) is 13.2 Å². The molecular formula is C34H23F10NO4. The van der Waals surface area contributed by atoms with E-state index in [4.69, 9.17) is 5.11 Å².